The summed E-state index contributed by atoms with van der Waals surface area (Å²) in [6.45, 7) is 2.85. The van der Waals surface area contributed by atoms with Crippen LogP contribution < -0.4 is 0 Å². The monoisotopic (exact) mass is 468 g/mol. The van der Waals surface area contributed by atoms with E-state index >= 15 is 0 Å². The third-order valence-corrected chi connectivity index (χ3v) is 6.99. The zero-order valence-electron chi connectivity index (χ0n) is 13.4. The molecule has 0 aliphatic heterocycles. The van der Waals surface area contributed by atoms with E-state index in [1.165, 1.54) is 0 Å². The Morgan fingerprint density at radius 2 is 0.600 bits per heavy atom. The molecule has 136 valence electrons. The van der Waals surface area contributed by atoms with E-state index < -0.39 is 67.0 Å². The van der Waals surface area contributed by atoms with Gasteiger partial charge in [-0.05, 0) is 0 Å². The van der Waals surface area contributed by atoms with Crippen LogP contribution in [0.4, 0.5) is 0 Å². The normalized spacial score (nSPS) is 10.1. The van der Waals surface area contributed by atoms with Gasteiger partial charge in [0.25, 0.3) is 0 Å². The van der Waals surface area contributed by atoms with Gasteiger partial charge in [-0.2, -0.15) is 0 Å². The molecule has 0 spiro atoms. The molecule has 0 saturated carbocycles. The fourth-order valence-electron chi connectivity index (χ4n) is 0.867. The molecule has 0 amide bonds. The van der Waals surface area contributed by atoms with Gasteiger partial charge >= 0.3 is 145 Å². The van der Waals surface area contributed by atoms with Crippen molar-refractivity contribution in [1.29, 1.82) is 0 Å². The second kappa shape index (κ2) is 9.00. The molecule has 0 aliphatic rings. The molecule has 25 heavy (non-hydrogen) atoms. The van der Waals surface area contributed by atoms with Crippen molar-refractivity contribution in [3.05, 3.63) is 0 Å². The maximum atomic E-state index is 11.5. The van der Waals surface area contributed by atoms with Gasteiger partial charge in [0.15, 0.2) is 0 Å². The van der Waals surface area contributed by atoms with Crippen molar-refractivity contribution in [2.45, 2.75) is 27.7 Å². The summed E-state index contributed by atoms with van der Waals surface area (Å²) < 4.78 is 17.6. The number of hydrogen-bond donors (Lipinski definition) is 0. The fraction of sp³-hybridized carbons (Fsp3) is 0.333. The van der Waals surface area contributed by atoms with Crippen LogP contribution in [0.1, 0.15) is 27.7 Å². The number of hydrogen-bond acceptors (Lipinski definition) is 12. The van der Waals surface area contributed by atoms with Crippen molar-refractivity contribution in [1.82, 2.24) is 0 Å². The van der Waals surface area contributed by atoms with Crippen molar-refractivity contribution in [3.63, 3.8) is 0 Å². The van der Waals surface area contributed by atoms with Crippen LogP contribution in [0.3, 0.4) is 0 Å². The zero-order chi connectivity index (χ0) is 19.9. The molecular weight excluding hydrogens is 455 g/mol. The molecule has 0 aliphatic carbocycles. The molecule has 0 N–H and O–H groups in total. The number of carbonyl (C=O) groups excluding carboxylic acids is 8. The van der Waals surface area contributed by atoms with E-state index in [-0.39, 0.29) is 0 Å². The number of carbonyl (C=O) groups is 8. The van der Waals surface area contributed by atoms with Gasteiger partial charge in [0.2, 0.25) is 0 Å². The van der Waals surface area contributed by atoms with Gasteiger partial charge in [0.05, 0.1) is 0 Å². The molecule has 0 saturated heterocycles. The van der Waals surface area contributed by atoms with Crippen LogP contribution in [0.2, 0.25) is 0 Å². The van der Waals surface area contributed by atoms with Crippen LogP contribution in [-0.2, 0) is 50.7 Å². The number of Topliss-reactive ketones (excluding diaryl/α,β-unsaturated/α-hetero) is 4. The second-order valence-electron chi connectivity index (χ2n) is 4.28. The molecule has 0 fully saturated rings. The minimum absolute atomic E-state index is 0.714. The van der Waals surface area contributed by atoms with E-state index in [1.807, 2.05) is 0 Å². The Hall–Kier alpha value is -2.64. The molecule has 0 atom stereocenters. The van der Waals surface area contributed by atoms with Crippen LogP contribution in [0.25, 0.3) is 0 Å². The van der Waals surface area contributed by atoms with E-state index in [9.17, 15) is 38.4 Å². The minimum atomic E-state index is -6.51. The van der Waals surface area contributed by atoms with Crippen molar-refractivity contribution in [2.75, 3.05) is 0 Å². The standard InChI is InChI=1S/4C3H4O3.Sn/c4*1-2(4)3(5)6;/h4*1H3,(H,5,6);/q;;;;+4/p-4. The Morgan fingerprint density at radius 1 is 0.440 bits per heavy atom. The Kier molecular flexibility index (Phi) is 8.05. The predicted octanol–water partition coefficient (Wildman–Crippen LogP) is -2.05. The molecule has 0 unspecified atom stereocenters. The summed E-state index contributed by atoms with van der Waals surface area (Å²) in [6, 6.07) is 0. The molecule has 0 aromatic carbocycles. The SMILES string of the molecule is CC(=O)C(=O)[O][Sn]([O]C(=O)C(C)=O)([O]C(=O)C(C)=O)[O]C(=O)C(C)=O. The third-order valence-electron chi connectivity index (χ3n) is 2.02. The maximum absolute atomic E-state index is 11.5. The Bertz CT molecular complexity index is 558. The number of ketones is 4. The van der Waals surface area contributed by atoms with Gasteiger partial charge < -0.3 is 0 Å². The molecule has 0 radical (unpaired) electrons. The van der Waals surface area contributed by atoms with Crippen LogP contribution >= 0.6 is 0 Å². The summed E-state index contributed by atoms with van der Waals surface area (Å²) in [5.41, 5.74) is 0. The summed E-state index contributed by atoms with van der Waals surface area (Å²) in [6.07, 6.45) is 0. The topological polar surface area (TPSA) is 173 Å². The van der Waals surface area contributed by atoms with Gasteiger partial charge in [-0.15, -0.1) is 0 Å². The molecular formula is C12H12O12Sn. The Labute approximate surface area is 145 Å². The molecule has 0 rings (SSSR count). The Balaban J connectivity index is 6.05. The van der Waals surface area contributed by atoms with Crippen LogP contribution in [0.15, 0.2) is 0 Å². The van der Waals surface area contributed by atoms with Gasteiger partial charge in [0.1, 0.15) is 0 Å². The van der Waals surface area contributed by atoms with Gasteiger partial charge in [0, 0.05) is 0 Å². The van der Waals surface area contributed by atoms with E-state index in [4.69, 9.17) is 0 Å². The zero-order valence-corrected chi connectivity index (χ0v) is 16.3. The summed E-state index contributed by atoms with van der Waals surface area (Å²) in [4.78, 5) is 89.9. The molecule has 0 aromatic heterocycles. The quantitative estimate of drug-likeness (QED) is 0.283. The summed E-state index contributed by atoms with van der Waals surface area (Å²) in [5.74, 6) is -12.1. The van der Waals surface area contributed by atoms with Crippen molar-refractivity contribution < 1.29 is 50.7 Å². The average Bonchev–Trinajstić information content (AvgIpc) is 2.46. The number of rotatable bonds is 8. The van der Waals surface area contributed by atoms with E-state index in [2.05, 4.69) is 12.3 Å². The summed E-state index contributed by atoms with van der Waals surface area (Å²) in [7, 11) is 0. The van der Waals surface area contributed by atoms with Crippen molar-refractivity contribution >= 4 is 67.0 Å². The molecule has 0 bridgehead atoms. The second-order valence-corrected chi connectivity index (χ2v) is 9.47. The first-order valence-electron chi connectivity index (χ1n) is 6.27. The first-order valence-corrected chi connectivity index (χ1v) is 10.9. The molecule has 12 nitrogen and oxygen atoms in total. The van der Waals surface area contributed by atoms with Crippen LogP contribution in [0, 0.1) is 0 Å². The van der Waals surface area contributed by atoms with Crippen molar-refractivity contribution in [3.8, 4) is 0 Å². The van der Waals surface area contributed by atoms with Crippen molar-refractivity contribution in [2.24, 2.45) is 0 Å². The van der Waals surface area contributed by atoms with Gasteiger partial charge in [-0.25, -0.2) is 0 Å². The van der Waals surface area contributed by atoms with Crippen LogP contribution in [0.5, 0.6) is 0 Å². The van der Waals surface area contributed by atoms with Gasteiger partial charge in [-0.3, -0.25) is 0 Å². The molecule has 13 heteroatoms. The third kappa shape index (κ3) is 7.19. The Morgan fingerprint density at radius 3 is 0.720 bits per heavy atom. The molecule has 0 aromatic rings. The molecule has 0 heterocycles. The average molecular weight is 467 g/mol. The van der Waals surface area contributed by atoms with E-state index in [1.54, 1.807) is 0 Å². The summed E-state index contributed by atoms with van der Waals surface area (Å²) in [5, 5.41) is 0. The first kappa shape index (κ1) is 22.4. The van der Waals surface area contributed by atoms with Gasteiger partial charge in [-0.1, -0.05) is 0 Å². The van der Waals surface area contributed by atoms with E-state index in [0.29, 0.717) is 27.7 Å². The first-order chi connectivity index (χ1) is 11.3. The van der Waals surface area contributed by atoms with Crippen LogP contribution in [-0.4, -0.2) is 67.0 Å². The predicted molar refractivity (Wildman–Crippen MR) is 72.8 cm³/mol. The van der Waals surface area contributed by atoms with E-state index in [0.717, 1.165) is 0 Å². The summed E-state index contributed by atoms with van der Waals surface area (Å²) >= 11 is -6.51. The fourth-order valence-corrected chi connectivity index (χ4v) is 5.81.